The van der Waals surface area contributed by atoms with Gasteiger partial charge in [0.2, 0.25) is 16.4 Å². The number of hydrogen-bond donors (Lipinski definition) is 4. The van der Waals surface area contributed by atoms with Gasteiger partial charge < -0.3 is 34.9 Å². The summed E-state index contributed by atoms with van der Waals surface area (Å²) in [5, 5.41) is 8.54. The summed E-state index contributed by atoms with van der Waals surface area (Å²) >= 11 is 6.26. The quantitative estimate of drug-likeness (QED) is 0.127. The summed E-state index contributed by atoms with van der Waals surface area (Å²) < 4.78 is 50.7. The van der Waals surface area contributed by atoms with Crippen LogP contribution in [0.2, 0.25) is 5.02 Å². The molecule has 43 heavy (non-hydrogen) atoms. The van der Waals surface area contributed by atoms with Gasteiger partial charge in [0.1, 0.15) is 17.6 Å². The van der Waals surface area contributed by atoms with Crippen LogP contribution in [-0.4, -0.2) is 80.6 Å². The van der Waals surface area contributed by atoms with Gasteiger partial charge in [-0.25, -0.2) is 17.9 Å². The van der Waals surface area contributed by atoms with Crippen molar-refractivity contribution < 1.29 is 37.0 Å². The minimum absolute atomic E-state index is 0.105. The Balaban J connectivity index is 1.30. The zero-order chi connectivity index (χ0) is 31.1. The van der Waals surface area contributed by atoms with E-state index in [9.17, 15) is 18.0 Å². The van der Waals surface area contributed by atoms with Crippen LogP contribution < -0.4 is 30.1 Å². The number of unbranched alkanes of at least 4 members (excludes halogenated alkanes) is 1. The van der Waals surface area contributed by atoms with E-state index in [-0.39, 0.29) is 36.8 Å². The third-order valence-corrected chi connectivity index (χ3v) is 8.39. The smallest absolute Gasteiger partial charge is 0.314 e. The topological polar surface area (TPSA) is 153 Å². The fourth-order valence-corrected chi connectivity index (χ4v) is 5.88. The van der Waals surface area contributed by atoms with Crippen molar-refractivity contribution in [2.24, 2.45) is 0 Å². The monoisotopic (exact) mass is 640 g/mol. The number of carbonyl (C=O) groups excluding carboxylic acids is 2. The van der Waals surface area contributed by atoms with E-state index in [1.807, 2.05) is 13.0 Å². The minimum atomic E-state index is -3.73. The van der Waals surface area contributed by atoms with Crippen LogP contribution in [0.4, 0.5) is 4.79 Å². The van der Waals surface area contributed by atoms with Crippen LogP contribution in [0.25, 0.3) is 0 Å². The Morgan fingerprint density at radius 2 is 1.70 bits per heavy atom. The highest BCUT2D eigenvalue weighted by atomic mass is 35.5. The minimum Gasteiger partial charge on any atom is -0.496 e. The average molecular weight is 641 g/mol. The Morgan fingerprint density at radius 3 is 2.42 bits per heavy atom. The van der Waals surface area contributed by atoms with Crippen LogP contribution in [0.3, 0.4) is 0 Å². The molecule has 1 atom stereocenters. The number of ether oxygens (including phenoxy) is 4. The first-order valence-corrected chi connectivity index (χ1v) is 16.1. The number of benzene rings is 2. The number of nitrogens with one attached hydrogen (secondary N) is 4. The Bertz CT molecular complexity index is 1310. The van der Waals surface area contributed by atoms with Crippen molar-refractivity contribution in [1.82, 2.24) is 20.7 Å². The van der Waals surface area contributed by atoms with Crippen LogP contribution in [-0.2, 0) is 30.7 Å². The lowest BCUT2D eigenvalue weighted by atomic mass is 10.1. The van der Waals surface area contributed by atoms with Crippen LogP contribution in [0.5, 0.6) is 11.5 Å². The predicted molar refractivity (Wildman–Crippen MR) is 162 cm³/mol. The second kappa shape index (κ2) is 17.9. The normalized spacial score (nSPS) is 14.2. The molecule has 3 amide bonds. The highest BCUT2D eigenvalue weighted by molar-refractivity contribution is 7.89. The van der Waals surface area contributed by atoms with E-state index in [4.69, 9.17) is 30.5 Å². The van der Waals surface area contributed by atoms with Gasteiger partial charge in [0, 0.05) is 42.3 Å². The van der Waals surface area contributed by atoms with Gasteiger partial charge in [-0.2, -0.15) is 0 Å². The molecule has 12 nitrogen and oxygen atoms in total. The van der Waals surface area contributed by atoms with Crippen LogP contribution in [0.15, 0.2) is 35.2 Å². The van der Waals surface area contributed by atoms with Crippen LogP contribution in [0, 0.1) is 6.92 Å². The molecule has 238 valence electrons. The molecular formula is C29H41ClN4O8S. The molecule has 0 fully saturated rings. The van der Waals surface area contributed by atoms with E-state index in [2.05, 4.69) is 20.7 Å². The van der Waals surface area contributed by atoms with Crippen LogP contribution >= 0.6 is 11.6 Å². The molecule has 0 spiro atoms. The maximum Gasteiger partial charge on any atom is 0.314 e. The lowest BCUT2D eigenvalue weighted by Gasteiger charge is -2.18. The lowest BCUT2D eigenvalue weighted by molar-refractivity contribution is -0.109. The second-order valence-electron chi connectivity index (χ2n) is 9.83. The predicted octanol–water partition coefficient (Wildman–Crippen LogP) is 2.86. The summed E-state index contributed by atoms with van der Waals surface area (Å²) in [4.78, 5) is 21.9. The molecule has 0 radical (unpaired) electrons. The van der Waals surface area contributed by atoms with E-state index in [0.717, 1.165) is 42.6 Å². The van der Waals surface area contributed by atoms with Gasteiger partial charge in [-0.3, -0.25) is 4.79 Å². The average Bonchev–Trinajstić information content (AvgIpc) is 3.38. The van der Waals surface area contributed by atoms with Gasteiger partial charge >= 0.3 is 6.03 Å². The van der Waals surface area contributed by atoms with Gasteiger partial charge in [-0.05, 0) is 68.5 Å². The maximum atomic E-state index is 12.8. The largest absolute Gasteiger partial charge is 0.496 e. The van der Waals surface area contributed by atoms with Crippen molar-refractivity contribution in [2.75, 3.05) is 59.7 Å². The van der Waals surface area contributed by atoms with E-state index in [1.165, 1.54) is 6.07 Å². The molecule has 3 rings (SSSR count). The van der Waals surface area contributed by atoms with E-state index in [0.29, 0.717) is 55.6 Å². The number of fused-ring (bicyclic) bond motifs is 1. The number of urea groups is 1. The summed E-state index contributed by atoms with van der Waals surface area (Å²) in [5.41, 5.74) is 2.77. The van der Waals surface area contributed by atoms with Crippen molar-refractivity contribution in [1.29, 1.82) is 0 Å². The van der Waals surface area contributed by atoms with Gasteiger partial charge in [0.25, 0.3) is 0 Å². The first kappa shape index (κ1) is 34.4. The van der Waals surface area contributed by atoms with Crippen LogP contribution in [0.1, 0.15) is 42.1 Å². The molecule has 1 aliphatic rings. The van der Waals surface area contributed by atoms with Crippen molar-refractivity contribution >= 4 is 34.1 Å². The number of sulfonamides is 1. The van der Waals surface area contributed by atoms with Gasteiger partial charge in [-0.15, -0.1) is 0 Å². The summed E-state index contributed by atoms with van der Waals surface area (Å²) in [7, 11) is -2.11. The fourth-order valence-electron chi connectivity index (χ4n) is 4.56. The first-order chi connectivity index (χ1) is 20.7. The number of amides is 3. The summed E-state index contributed by atoms with van der Waals surface area (Å²) in [6.07, 6.45) is 3.59. The molecule has 2 aromatic rings. The molecule has 0 aromatic heterocycles. The molecule has 4 N–H and O–H groups in total. The number of carbonyl (C=O) groups is 2. The van der Waals surface area contributed by atoms with E-state index >= 15 is 0 Å². The standard InChI is InChI=1S/C29H41ClN4O8S/c1-21-17-23(5-7-26(21)42-27-8-6-24-25(27)18-22(30)19-28(24)39-2)43(37,38)34-12-14-41-16-15-40-13-11-33-29(36)32-10-4-3-9-31-20-35/h5,7,17-20,27,34H,3-4,6,8-16H2,1-2H3,(H,31,35)(H2,32,33,36)/t27-/m1/s1. The zero-order valence-corrected chi connectivity index (χ0v) is 26.2. The number of methoxy groups -OCH3 is 1. The summed E-state index contributed by atoms with van der Waals surface area (Å²) in [6, 6.07) is 8.19. The Kier molecular flexibility index (Phi) is 14.3. The number of aryl methyl sites for hydroxylation is 1. The molecule has 2 aromatic carbocycles. The highest BCUT2D eigenvalue weighted by Crippen LogP contribution is 2.42. The molecule has 0 bridgehead atoms. The zero-order valence-electron chi connectivity index (χ0n) is 24.6. The molecule has 0 aliphatic heterocycles. The number of halogens is 1. The van der Waals surface area contributed by atoms with Crippen molar-refractivity contribution in [3.63, 3.8) is 0 Å². The number of hydrogen-bond acceptors (Lipinski definition) is 8. The van der Waals surface area contributed by atoms with E-state index < -0.39 is 10.0 Å². The second-order valence-corrected chi connectivity index (χ2v) is 12.0. The molecule has 1 aliphatic carbocycles. The summed E-state index contributed by atoms with van der Waals surface area (Å²) in [5.74, 6) is 1.35. The summed E-state index contributed by atoms with van der Waals surface area (Å²) in [6.45, 7) is 4.47. The van der Waals surface area contributed by atoms with Crippen molar-refractivity contribution in [3.8, 4) is 11.5 Å². The number of rotatable bonds is 20. The molecule has 0 saturated heterocycles. The highest BCUT2D eigenvalue weighted by Gasteiger charge is 2.28. The Labute approximate surface area is 258 Å². The third kappa shape index (κ3) is 11.2. The Hall–Kier alpha value is -3.10. The van der Waals surface area contributed by atoms with Gasteiger partial charge in [0.05, 0.1) is 38.4 Å². The van der Waals surface area contributed by atoms with Crippen molar-refractivity contribution in [3.05, 3.63) is 52.0 Å². The van der Waals surface area contributed by atoms with Gasteiger partial charge in [-0.1, -0.05) is 11.6 Å². The molecule has 14 heteroatoms. The maximum absolute atomic E-state index is 12.8. The van der Waals surface area contributed by atoms with E-state index in [1.54, 1.807) is 25.3 Å². The van der Waals surface area contributed by atoms with Crippen molar-refractivity contribution in [2.45, 2.75) is 43.6 Å². The molecule has 0 heterocycles. The lowest BCUT2D eigenvalue weighted by Crippen LogP contribution is -2.38. The first-order valence-electron chi connectivity index (χ1n) is 14.2. The van der Waals surface area contributed by atoms with Gasteiger partial charge in [0.15, 0.2) is 0 Å². The Morgan fingerprint density at radius 1 is 0.977 bits per heavy atom. The molecule has 0 saturated carbocycles. The third-order valence-electron chi connectivity index (χ3n) is 6.72. The molecular weight excluding hydrogens is 600 g/mol. The molecule has 0 unspecified atom stereocenters. The fraction of sp³-hybridized carbons (Fsp3) is 0.517. The SMILES string of the molecule is COc1cc(Cl)cc2c1CC[C@H]2Oc1ccc(S(=O)(=O)NCCOCCOCCNC(=O)NCCCCNC=O)cc1C.